The number of amides is 1. The molecule has 1 amide bonds. The Morgan fingerprint density at radius 1 is 1.25 bits per heavy atom. The molecule has 4 rings (SSSR count). The number of rotatable bonds is 6. The SMILES string of the molecule is O=C(O)Cn1cc(CNC(=O)C2CCN(c3nc4ccccc4o3)CC2)nn1. The first-order valence-corrected chi connectivity index (χ1v) is 9.07. The summed E-state index contributed by atoms with van der Waals surface area (Å²) in [6, 6.07) is 8.23. The minimum absolute atomic E-state index is 0.0370. The lowest BCUT2D eigenvalue weighted by Crippen LogP contribution is -2.40. The van der Waals surface area contributed by atoms with Gasteiger partial charge in [0.05, 0.1) is 12.7 Å². The number of para-hydroxylation sites is 2. The van der Waals surface area contributed by atoms with E-state index in [9.17, 15) is 9.59 Å². The molecule has 146 valence electrons. The van der Waals surface area contributed by atoms with Crippen molar-refractivity contribution in [3.8, 4) is 0 Å². The molecule has 1 aromatic carbocycles. The number of piperidine rings is 1. The number of nitrogens with zero attached hydrogens (tertiary/aromatic N) is 5. The van der Waals surface area contributed by atoms with E-state index in [0.717, 1.165) is 11.1 Å². The van der Waals surface area contributed by atoms with Crippen molar-refractivity contribution in [2.24, 2.45) is 5.92 Å². The Morgan fingerprint density at radius 2 is 2.04 bits per heavy atom. The third-order valence-corrected chi connectivity index (χ3v) is 4.75. The molecule has 10 heteroatoms. The van der Waals surface area contributed by atoms with Gasteiger partial charge in [-0.2, -0.15) is 4.98 Å². The van der Waals surface area contributed by atoms with Crippen molar-refractivity contribution < 1.29 is 19.1 Å². The number of aliphatic carboxylic acids is 1. The number of hydrogen-bond acceptors (Lipinski definition) is 7. The molecular weight excluding hydrogens is 364 g/mol. The van der Waals surface area contributed by atoms with Crippen molar-refractivity contribution in [1.29, 1.82) is 0 Å². The third kappa shape index (κ3) is 3.95. The lowest BCUT2D eigenvalue weighted by atomic mass is 9.96. The summed E-state index contributed by atoms with van der Waals surface area (Å²) >= 11 is 0. The van der Waals surface area contributed by atoms with Crippen LogP contribution in [0, 0.1) is 5.92 Å². The van der Waals surface area contributed by atoms with Gasteiger partial charge in [0.2, 0.25) is 5.91 Å². The first kappa shape index (κ1) is 18.0. The molecule has 0 bridgehead atoms. The number of benzene rings is 1. The average Bonchev–Trinajstić information content (AvgIpc) is 3.32. The maximum absolute atomic E-state index is 12.4. The van der Waals surface area contributed by atoms with E-state index in [0.29, 0.717) is 37.6 Å². The van der Waals surface area contributed by atoms with E-state index in [-0.39, 0.29) is 24.9 Å². The number of anilines is 1. The Hall–Kier alpha value is -3.43. The molecule has 0 atom stereocenters. The number of carboxylic acids is 1. The molecule has 28 heavy (non-hydrogen) atoms. The molecule has 0 aliphatic carbocycles. The smallest absolute Gasteiger partial charge is 0.325 e. The second-order valence-electron chi connectivity index (χ2n) is 6.74. The summed E-state index contributed by atoms with van der Waals surface area (Å²) in [7, 11) is 0. The molecule has 0 unspecified atom stereocenters. The number of fused-ring (bicyclic) bond motifs is 1. The highest BCUT2D eigenvalue weighted by molar-refractivity contribution is 5.79. The fraction of sp³-hybridized carbons (Fsp3) is 0.389. The van der Waals surface area contributed by atoms with E-state index in [1.54, 1.807) is 0 Å². The van der Waals surface area contributed by atoms with Gasteiger partial charge in [-0.25, -0.2) is 4.68 Å². The molecule has 2 N–H and O–H groups in total. The number of carbonyl (C=O) groups is 2. The van der Waals surface area contributed by atoms with Gasteiger partial charge in [-0.05, 0) is 25.0 Å². The largest absolute Gasteiger partial charge is 0.480 e. The monoisotopic (exact) mass is 384 g/mol. The van der Waals surface area contributed by atoms with Crippen molar-refractivity contribution in [2.45, 2.75) is 25.9 Å². The van der Waals surface area contributed by atoms with E-state index in [2.05, 4.69) is 25.5 Å². The highest BCUT2D eigenvalue weighted by Crippen LogP contribution is 2.26. The number of nitrogens with one attached hydrogen (secondary N) is 1. The van der Waals surface area contributed by atoms with Crippen LogP contribution in [0.25, 0.3) is 11.1 Å². The normalized spacial score (nSPS) is 15.1. The Labute approximate surface area is 160 Å². The van der Waals surface area contributed by atoms with Crippen molar-refractivity contribution in [1.82, 2.24) is 25.3 Å². The molecule has 1 fully saturated rings. The van der Waals surface area contributed by atoms with Crippen LogP contribution < -0.4 is 10.2 Å². The maximum Gasteiger partial charge on any atom is 0.325 e. The van der Waals surface area contributed by atoms with Crippen LogP contribution in [0.3, 0.4) is 0 Å². The summed E-state index contributed by atoms with van der Waals surface area (Å²) in [6.45, 7) is 1.36. The van der Waals surface area contributed by atoms with Crippen molar-refractivity contribution >= 4 is 29.0 Å². The van der Waals surface area contributed by atoms with Crippen LogP contribution in [0.5, 0.6) is 0 Å². The van der Waals surface area contributed by atoms with Crippen LogP contribution in [-0.4, -0.2) is 50.1 Å². The van der Waals surface area contributed by atoms with E-state index < -0.39 is 5.97 Å². The van der Waals surface area contributed by atoms with Crippen LogP contribution in [0.1, 0.15) is 18.5 Å². The Morgan fingerprint density at radius 3 is 2.79 bits per heavy atom. The fourth-order valence-corrected chi connectivity index (χ4v) is 3.29. The Balaban J connectivity index is 1.28. The molecule has 10 nitrogen and oxygen atoms in total. The molecule has 2 aromatic heterocycles. The molecule has 3 heterocycles. The van der Waals surface area contributed by atoms with Gasteiger partial charge in [-0.15, -0.1) is 5.10 Å². The molecule has 1 aliphatic heterocycles. The summed E-state index contributed by atoms with van der Waals surface area (Å²) in [4.78, 5) is 29.6. The summed E-state index contributed by atoms with van der Waals surface area (Å²) < 4.78 is 7.02. The van der Waals surface area contributed by atoms with Gasteiger partial charge in [-0.3, -0.25) is 9.59 Å². The zero-order valence-electron chi connectivity index (χ0n) is 15.1. The molecule has 1 aliphatic rings. The third-order valence-electron chi connectivity index (χ3n) is 4.75. The van der Waals surface area contributed by atoms with E-state index in [1.165, 1.54) is 10.9 Å². The van der Waals surface area contributed by atoms with E-state index in [1.807, 2.05) is 24.3 Å². The van der Waals surface area contributed by atoms with Gasteiger partial charge in [-0.1, -0.05) is 17.3 Å². The van der Waals surface area contributed by atoms with Crippen LogP contribution >= 0.6 is 0 Å². The van der Waals surface area contributed by atoms with Crippen LogP contribution in [0.15, 0.2) is 34.9 Å². The molecular formula is C18H20N6O4. The van der Waals surface area contributed by atoms with Crippen LogP contribution in [0.2, 0.25) is 0 Å². The molecule has 3 aromatic rings. The summed E-state index contributed by atoms with van der Waals surface area (Å²) in [6.07, 6.45) is 2.93. The molecule has 0 spiro atoms. The Kier molecular flexibility index (Phi) is 4.92. The second-order valence-corrected chi connectivity index (χ2v) is 6.74. The van der Waals surface area contributed by atoms with E-state index in [4.69, 9.17) is 9.52 Å². The quantitative estimate of drug-likeness (QED) is 0.645. The lowest BCUT2D eigenvalue weighted by molar-refractivity contribution is -0.138. The minimum Gasteiger partial charge on any atom is -0.480 e. The Bertz CT molecular complexity index is 956. The number of carbonyl (C=O) groups excluding carboxylic acids is 1. The predicted molar refractivity (Wildman–Crippen MR) is 98.5 cm³/mol. The first-order valence-electron chi connectivity index (χ1n) is 9.07. The number of hydrogen-bond donors (Lipinski definition) is 2. The average molecular weight is 384 g/mol. The van der Waals surface area contributed by atoms with Gasteiger partial charge in [0, 0.05) is 19.0 Å². The van der Waals surface area contributed by atoms with Gasteiger partial charge in [0.15, 0.2) is 5.58 Å². The van der Waals surface area contributed by atoms with Crippen molar-refractivity contribution in [2.75, 3.05) is 18.0 Å². The summed E-state index contributed by atoms with van der Waals surface area (Å²) in [5.74, 6) is -1.12. The summed E-state index contributed by atoms with van der Waals surface area (Å²) in [5, 5.41) is 19.2. The lowest BCUT2D eigenvalue weighted by Gasteiger charge is -2.30. The van der Waals surface area contributed by atoms with Crippen molar-refractivity contribution in [3.63, 3.8) is 0 Å². The first-order chi connectivity index (χ1) is 13.6. The fourth-order valence-electron chi connectivity index (χ4n) is 3.29. The van der Waals surface area contributed by atoms with Gasteiger partial charge in [0.1, 0.15) is 17.8 Å². The molecule has 1 saturated heterocycles. The number of carboxylic acid groups (broad SMARTS) is 1. The van der Waals surface area contributed by atoms with E-state index >= 15 is 0 Å². The highest BCUT2D eigenvalue weighted by atomic mass is 16.4. The number of aromatic nitrogens is 4. The highest BCUT2D eigenvalue weighted by Gasteiger charge is 2.27. The maximum atomic E-state index is 12.4. The van der Waals surface area contributed by atoms with Crippen molar-refractivity contribution in [3.05, 3.63) is 36.2 Å². The van der Waals surface area contributed by atoms with Crippen LogP contribution in [-0.2, 0) is 22.7 Å². The topological polar surface area (TPSA) is 126 Å². The summed E-state index contributed by atoms with van der Waals surface area (Å²) in [5.41, 5.74) is 2.11. The van der Waals surface area contributed by atoms with Gasteiger partial charge >= 0.3 is 5.97 Å². The second kappa shape index (κ2) is 7.67. The zero-order chi connectivity index (χ0) is 19.5. The van der Waals surface area contributed by atoms with Gasteiger partial charge < -0.3 is 19.7 Å². The number of oxazole rings is 1. The molecule has 0 saturated carbocycles. The van der Waals surface area contributed by atoms with Gasteiger partial charge in [0.25, 0.3) is 6.01 Å². The molecule has 0 radical (unpaired) electrons. The predicted octanol–water partition coefficient (Wildman–Crippen LogP) is 1.04. The van der Waals surface area contributed by atoms with Crippen LogP contribution in [0.4, 0.5) is 6.01 Å². The standard InChI is InChI=1S/C18H20N6O4/c25-16(26)11-24-10-13(21-22-24)9-19-17(27)12-5-7-23(8-6-12)18-20-14-3-1-2-4-15(14)28-18/h1-4,10,12H,5-9,11H2,(H,19,27)(H,25,26). The zero-order valence-corrected chi connectivity index (χ0v) is 15.1. The minimum atomic E-state index is -0.994.